The van der Waals surface area contributed by atoms with E-state index in [1.165, 1.54) is 0 Å². The van der Waals surface area contributed by atoms with Gasteiger partial charge >= 0.3 is 12.0 Å². The van der Waals surface area contributed by atoms with Crippen molar-refractivity contribution < 1.29 is 19.5 Å². The number of nitrogens with two attached hydrogens (primary N) is 1. The fraction of sp³-hybridized carbons (Fsp3) is 0.308. The Hall–Kier alpha value is -2.57. The third-order valence-corrected chi connectivity index (χ3v) is 2.77. The van der Waals surface area contributed by atoms with Crippen molar-refractivity contribution in [3.63, 3.8) is 0 Å². The number of urea groups is 1. The maximum Gasteiger partial charge on any atom is 0.326 e. The summed E-state index contributed by atoms with van der Waals surface area (Å²) in [4.78, 5) is 33.3. The molecule has 1 aromatic rings. The van der Waals surface area contributed by atoms with Crippen LogP contribution < -0.4 is 16.4 Å². The van der Waals surface area contributed by atoms with Gasteiger partial charge in [-0.1, -0.05) is 6.07 Å². The predicted octanol–water partition coefficient (Wildman–Crippen LogP) is 0.754. The first-order valence-electron chi connectivity index (χ1n) is 5.95. The zero-order valence-corrected chi connectivity index (χ0v) is 11.3. The molecule has 20 heavy (non-hydrogen) atoms. The van der Waals surface area contributed by atoms with E-state index in [9.17, 15) is 14.4 Å². The van der Waals surface area contributed by atoms with Crippen LogP contribution in [0, 0.1) is 13.8 Å². The van der Waals surface area contributed by atoms with Crippen molar-refractivity contribution in [2.24, 2.45) is 5.73 Å². The van der Waals surface area contributed by atoms with Crippen LogP contribution in [0.2, 0.25) is 0 Å². The van der Waals surface area contributed by atoms with E-state index in [4.69, 9.17) is 10.8 Å². The lowest BCUT2D eigenvalue weighted by Crippen LogP contribution is -2.45. The summed E-state index contributed by atoms with van der Waals surface area (Å²) in [7, 11) is 0. The molecule has 1 unspecified atom stereocenters. The van der Waals surface area contributed by atoms with Gasteiger partial charge in [0, 0.05) is 5.69 Å². The monoisotopic (exact) mass is 279 g/mol. The van der Waals surface area contributed by atoms with Crippen molar-refractivity contribution in [1.82, 2.24) is 5.32 Å². The van der Waals surface area contributed by atoms with Crippen molar-refractivity contribution in [2.45, 2.75) is 26.3 Å². The quantitative estimate of drug-likeness (QED) is 0.635. The highest BCUT2D eigenvalue weighted by atomic mass is 16.4. The molecule has 0 aliphatic carbocycles. The molecular weight excluding hydrogens is 262 g/mol. The second-order valence-electron chi connectivity index (χ2n) is 4.46. The van der Waals surface area contributed by atoms with Gasteiger partial charge < -0.3 is 21.5 Å². The molecule has 0 saturated carbocycles. The van der Waals surface area contributed by atoms with Crippen LogP contribution in [0.4, 0.5) is 10.5 Å². The van der Waals surface area contributed by atoms with Gasteiger partial charge in [0.15, 0.2) is 0 Å². The number of hydrogen-bond donors (Lipinski definition) is 4. The summed E-state index contributed by atoms with van der Waals surface area (Å²) in [5.41, 5.74) is 7.53. The molecule has 0 radical (unpaired) electrons. The fourth-order valence-corrected chi connectivity index (χ4v) is 1.55. The summed E-state index contributed by atoms with van der Waals surface area (Å²) >= 11 is 0. The summed E-state index contributed by atoms with van der Waals surface area (Å²) in [6.07, 6.45) is -0.463. The third-order valence-electron chi connectivity index (χ3n) is 2.77. The maximum absolute atomic E-state index is 11.7. The molecule has 0 heterocycles. The van der Waals surface area contributed by atoms with Crippen molar-refractivity contribution in [1.29, 1.82) is 0 Å². The zero-order valence-electron chi connectivity index (χ0n) is 11.3. The molecule has 5 N–H and O–H groups in total. The van der Waals surface area contributed by atoms with Crippen molar-refractivity contribution >= 4 is 23.6 Å². The molecular formula is C13H17N3O4. The average molecular weight is 279 g/mol. The molecule has 1 rings (SSSR count). The number of aryl methyl sites for hydroxylation is 2. The highest BCUT2D eigenvalue weighted by Gasteiger charge is 2.22. The first kappa shape index (κ1) is 15.5. The smallest absolute Gasteiger partial charge is 0.326 e. The molecule has 0 saturated heterocycles. The van der Waals surface area contributed by atoms with E-state index < -0.39 is 30.4 Å². The number of rotatable bonds is 5. The van der Waals surface area contributed by atoms with Gasteiger partial charge in [0.2, 0.25) is 5.91 Å². The minimum absolute atomic E-state index is 0.463. The lowest BCUT2D eigenvalue weighted by atomic mass is 10.1. The highest BCUT2D eigenvalue weighted by molar-refractivity contribution is 5.93. The van der Waals surface area contributed by atoms with Gasteiger partial charge in [-0.25, -0.2) is 9.59 Å². The second-order valence-corrected chi connectivity index (χ2v) is 4.46. The van der Waals surface area contributed by atoms with E-state index in [0.717, 1.165) is 11.1 Å². The Morgan fingerprint density at radius 2 is 1.90 bits per heavy atom. The molecule has 0 spiro atoms. The second kappa shape index (κ2) is 6.55. The Morgan fingerprint density at radius 1 is 1.25 bits per heavy atom. The Kier molecular flexibility index (Phi) is 5.08. The SMILES string of the molecule is Cc1ccc(NC(=O)NC(CC(N)=O)C(=O)O)cc1C. The number of carbonyl (C=O) groups is 3. The number of primary amides is 1. The van der Waals surface area contributed by atoms with Crippen LogP contribution in [0.1, 0.15) is 17.5 Å². The minimum Gasteiger partial charge on any atom is -0.480 e. The summed E-state index contributed by atoms with van der Waals surface area (Å²) in [5.74, 6) is -2.12. The minimum atomic E-state index is -1.35. The Balaban J connectivity index is 2.67. The van der Waals surface area contributed by atoms with E-state index in [1.54, 1.807) is 12.1 Å². The fourth-order valence-electron chi connectivity index (χ4n) is 1.55. The summed E-state index contributed by atoms with van der Waals surface area (Å²) < 4.78 is 0. The van der Waals surface area contributed by atoms with E-state index in [-0.39, 0.29) is 0 Å². The topological polar surface area (TPSA) is 122 Å². The molecule has 108 valence electrons. The van der Waals surface area contributed by atoms with E-state index in [1.807, 2.05) is 19.9 Å². The number of aliphatic carboxylic acids is 1. The van der Waals surface area contributed by atoms with Crippen LogP contribution in [0.5, 0.6) is 0 Å². The first-order valence-corrected chi connectivity index (χ1v) is 5.95. The standard InChI is InChI=1S/C13H17N3O4/c1-7-3-4-9(5-8(7)2)15-13(20)16-10(12(18)19)6-11(14)17/h3-5,10H,6H2,1-2H3,(H2,14,17)(H,18,19)(H2,15,16,20). The summed E-state index contributed by atoms with van der Waals surface area (Å²) in [6.45, 7) is 3.83. The number of carbonyl (C=O) groups excluding carboxylic acids is 2. The van der Waals surface area contributed by atoms with Crippen LogP contribution in [0.25, 0.3) is 0 Å². The van der Waals surface area contributed by atoms with Crippen molar-refractivity contribution in [3.8, 4) is 0 Å². The number of hydrogen-bond acceptors (Lipinski definition) is 3. The third kappa shape index (κ3) is 4.60. The molecule has 0 aliphatic heterocycles. The van der Waals surface area contributed by atoms with Crippen LogP contribution >= 0.6 is 0 Å². The van der Waals surface area contributed by atoms with Crippen molar-refractivity contribution in [2.75, 3.05) is 5.32 Å². The molecule has 7 heteroatoms. The zero-order chi connectivity index (χ0) is 15.3. The Labute approximate surface area is 116 Å². The van der Waals surface area contributed by atoms with Crippen LogP contribution in [0.15, 0.2) is 18.2 Å². The van der Waals surface area contributed by atoms with Gasteiger partial charge in [-0.2, -0.15) is 0 Å². The molecule has 0 aromatic heterocycles. The summed E-state index contributed by atoms with van der Waals surface area (Å²) in [6, 6.07) is 3.24. The molecule has 0 fully saturated rings. The highest BCUT2D eigenvalue weighted by Crippen LogP contribution is 2.13. The lowest BCUT2D eigenvalue weighted by molar-refractivity contribution is -0.140. The van der Waals surface area contributed by atoms with E-state index in [2.05, 4.69) is 10.6 Å². The largest absolute Gasteiger partial charge is 0.480 e. The van der Waals surface area contributed by atoms with Gasteiger partial charge in [0.1, 0.15) is 6.04 Å². The maximum atomic E-state index is 11.7. The van der Waals surface area contributed by atoms with Gasteiger partial charge in [-0.3, -0.25) is 4.79 Å². The molecule has 1 aromatic carbocycles. The van der Waals surface area contributed by atoms with Crippen molar-refractivity contribution in [3.05, 3.63) is 29.3 Å². The summed E-state index contributed by atoms with van der Waals surface area (Å²) in [5, 5.41) is 13.6. The van der Waals surface area contributed by atoms with E-state index in [0.29, 0.717) is 5.69 Å². The predicted molar refractivity (Wildman–Crippen MR) is 73.3 cm³/mol. The van der Waals surface area contributed by atoms with Gasteiger partial charge in [-0.05, 0) is 37.1 Å². The first-order chi connectivity index (χ1) is 9.29. The number of benzene rings is 1. The normalized spacial score (nSPS) is 11.5. The molecule has 7 nitrogen and oxygen atoms in total. The number of carboxylic acids is 1. The Bertz CT molecular complexity index is 542. The molecule has 0 bridgehead atoms. The van der Waals surface area contributed by atoms with Crippen LogP contribution in [0.3, 0.4) is 0 Å². The molecule has 1 atom stereocenters. The molecule has 0 aliphatic rings. The van der Waals surface area contributed by atoms with E-state index >= 15 is 0 Å². The number of anilines is 1. The van der Waals surface area contributed by atoms with Gasteiger partial charge in [0.05, 0.1) is 6.42 Å². The molecule has 3 amide bonds. The number of nitrogens with one attached hydrogen (secondary N) is 2. The van der Waals surface area contributed by atoms with Gasteiger partial charge in [0.25, 0.3) is 0 Å². The number of carboxylic acid groups (broad SMARTS) is 1. The van der Waals surface area contributed by atoms with Crippen LogP contribution in [-0.2, 0) is 9.59 Å². The van der Waals surface area contributed by atoms with Crippen LogP contribution in [-0.4, -0.2) is 29.1 Å². The average Bonchev–Trinajstić information content (AvgIpc) is 2.32. The Morgan fingerprint density at radius 3 is 2.40 bits per heavy atom. The lowest BCUT2D eigenvalue weighted by Gasteiger charge is -2.14. The number of amides is 3. The van der Waals surface area contributed by atoms with Gasteiger partial charge in [-0.15, -0.1) is 0 Å².